The Morgan fingerprint density at radius 2 is 1.73 bits per heavy atom. The van der Waals surface area contributed by atoms with Crippen LogP contribution in [0.4, 0.5) is 10.1 Å². The normalized spacial score (nSPS) is 10.7. The first kappa shape index (κ1) is 24.5. The number of carbonyl (C=O) groups is 2. The third-order valence-corrected chi connectivity index (χ3v) is 5.98. The second kappa shape index (κ2) is 12.8. The second-order valence-corrected chi connectivity index (χ2v) is 8.63. The Bertz CT molecular complexity index is 1110. The van der Waals surface area contributed by atoms with E-state index in [1.165, 1.54) is 42.2 Å². The van der Waals surface area contributed by atoms with Gasteiger partial charge in [-0.1, -0.05) is 34.1 Å². The lowest BCUT2D eigenvalue weighted by Crippen LogP contribution is -2.20. The quantitative estimate of drug-likeness (QED) is 0.286. The van der Waals surface area contributed by atoms with Gasteiger partial charge in [-0.3, -0.25) is 9.59 Å². The van der Waals surface area contributed by atoms with Gasteiger partial charge in [-0.2, -0.15) is 5.10 Å². The van der Waals surface area contributed by atoms with Gasteiger partial charge in [-0.25, -0.2) is 9.82 Å². The molecule has 0 spiro atoms. The molecule has 0 saturated heterocycles. The number of hydrogen-bond acceptors (Lipinski definition) is 5. The van der Waals surface area contributed by atoms with E-state index in [0.717, 1.165) is 21.4 Å². The fourth-order valence-corrected chi connectivity index (χ4v) is 4.04. The summed E-state index contributed by atoms with van der Waals surface area (Å²) in [5.41, 5.74) is 4.89. The van der Waals surface area contributed by atoms with Gasteiger partial charge >= 0.3 is 0 Å². The van der Waals surface area contributed by atoms with E-state index < -0.39 is 0 Å². The number of nitrogens with zero attached hydrogens (tertiary/aromatic N) is 1. The molecule has 0 bridgehead atoms. The number of thioether (sulfide) groups is 1. The number of rotatable bonds is 10. The number of nitrogens with one attached hydrogen (secondary N) is 2. The summed E-state index contributed by atoms with van der Waals surface area (Å²) in [5, 5.41) is 6.58. The Kier molecular flexibility index (Phi) is 9.46. The summed E-state index contributed by atoms with van der Waals surface area (Å²) < 4.78 is 19.4. The van der Waals surface area contributed by atoms with Gasteiger partial charge in [0.1, 0.15) is 11.6 Å². The van der Waals surface area contributed by atoms with Crippen molar-refractivity contribution in [2.75, 3.05) is 17.7 Å². The lowest BCUT2D eigenvalue weighted by atomic mass is 10.2. The van der Waals surface area contributed by atoms with Crippen LogP contribution in [0.15, 0.2) is 82.4 Å². The zero-order chi connectivity index (χ0) is 23.5. The summed E-state index contributed by atoms with van der Waals surface area (Å²) >= 11 is 4.99. The fraction of sp³-hybridized carbons (Fsp3) is 0.125. The Morgan fingerprint density at radius 3 is 2.45 bits per heavy atom. The van der Waals surface area contributed by atoms with Crippen LogP contribution in [0.5, 0.6) is 5.75 Å². The minimum Gasteiger partial charge on any atom is -0.484 e. The summed E-state index contributed by atoms with van der Waals surface area (Å²) in [6.45, 7) is -0.182. The highest BCUT2D eigenvalue weighted by atomic mass is 79.9. The van der Waals surface area contributed by atoms with E-state index in [1.807, 2.05) is 24.3 Å². The summed E-state index contributed by atoms with van der Waals surface area (Å²) in [7, 11) is 0. The van der Waals surface area contributed by atoms with Crippen LogP contribution in [0.3, 0.4) is 0 Å². The van der Waals surface area contributed by atoms with E-state index >= 15 is 0 Å². The molecule has 3 rings (SSSR count). The molecule has 0 aliphatic rings. The molecule has 0 saturated carbocycles. The minimum atomic E-state index is -0.372. The predicted octanol–water partition coefficient (Wildman–Crippen LogP) is 4.99. The number of anilines is 1. The van der Waals surface area contributed by atoms with Crippen LogP contribution in [0.2, 0.25) is 0 Å². The highest BCUT2D eigenvalue weighted by molar-refractivity contribution is 9.10. The summed E-state index contributed by atoms with van der Waals surface area (Å²) in [4.78, 5) is 23.8. The summed E-state index contributed by atoms with van der Waals surface area (Å²) in [6, 6.07) is 20.3. The molecule has 3 aromatic rings. The van der Waals surface area contributed by atoms with E-state index in [2.05, 4.69) is 31.8 Å². The number of ether oxygens (including phenoxy) is 1. The van der Waals surface area contributed by atoms with Crippen molar-refractivity contribution in [3.63, 3.8) is 0 Å². The van der Waals surface area contributed by atoms with Crippen LogP contribution >= 0.6 is 27.7 Å². The molecule has 0 aromatic heterocycles. The lowest BCUT2D eigenvalue weighted by molar-refractivity contribution is -0.119. The molecule has 170 valence electrons. The van der Waals surface area contributed by atoms with Crippen molar-refractivity contribution >= 4 is 51.4 Å². The van der Waals surface area contributed by atoms with Crippen LogP contribution in [-0.4, -0.2) is 30.4 Å². The molecule has 0 heterocycles. The molecule has 6 nitrogen and oxygen atoms in total. The Morgan fingerprint density at radius 1 is 1.00 bits per heavy atom. The first-order chi connectivity index (χ1) is 16.0. The number of halogens is 2. The molecular weight excluding hydrogens is 509 g/mol. The molecule has 2 amide bonds. The SMILES string of the molecule is O=C(CSCc1ccccc1Br)N/N=C\c1ccc(OCC(=O)Nc2ccc(F)cc2)cc1. The number of hydrazone groups is 1. The van der Waals surface area contributed by atoms with Gasteiger partial charge in [-0.05, 0) is 65.7 Å². The van der Waals surface area contributed by atoms with Gasteiger partial charge in [0.15, 0.2) is 6.61 Å². The maximum Gasteiger partial charge on any atom is 0.262 e. The van der Waals surface area contributed by atoms with Gasteiger partial charge in [-0.15, -0.1) is 11.8 Å². The molecular formula is C24H21BrFN3O3S. The number of carbonyl (C=O) groups excluding carboxylic acids is 2. The van der Waals surface area contributed by atoms with Gasteiger partial charge in [0.2, 0.25) is 5.91 Å². The predicted molar refractivity (Wildman–Crippen MR) is 133 cm³/mol. The zero-order valence-electron chi connectivity index (χ0n) is 17.5. The third kappa shape index (κ3) is 8.70. The fourth-order valence-electron chi connectivity index (χ4n) is 2.61. The van der Waals surface area contributed by atoms with Crippen molar-refractivity contribution in [1.29, 1.82) is 0 Å². The average Bonchev–Trinajstić information content (AvgIpc) is 2.81. The topological polar surface area (TPSA) is 79.8 Å². The molecule has 33 heavy (non-hydrogen) atoms. The van der Waals surface area contributed by atoms with Gasteiger partial charge in [0, 0.05) is 15.9 Å². The highest BCUT2D eigenvalue weighted by Gasteiger charge is 2.05. The van der Waals surface area contributed by atoms with Crippen molar-refractivity contribution in [2.24, 2.45) is 5.10 Å². The van der Waals surface area contributed by atoms with Crippen LogP contribution in [-0.2, 0) is 15.3 Å². The van der Waals surface area contributed by atoms with Crippen molar-refractivity contribution < 1.29 is 18.7 Å². The van der Waals surface area contributed by atoms with E-state index in [9.17, 15) is 14.0 Å². The molecule has 0 fully saturated rings. The second-order valence-electron chi connectivity index (χ2n) is 6.79. The van der Waals surface area contributed by atoms with Crippen LogP contribution in [0.25, 0.3) is 0 Å². The zero-order valence-corrected chi connectivity index (χ0v) is 19.9. The largest absolute Gasteiger partial charge is 0.484 e. The molecule has 0 atom stereocenters. The van der Waals surface area contributed by atoms with E-state index in [4.69, 9.17) is 4.74 Å². The number of amides is 2. The van der Waals surface area contributed by atoms with Crippen molar-refractivity contribution in [3.05, 3.63) is 94.2 Å². The van der Waals surface area contributed by atoms with Crippen molar-refractivity contribution in [2.45, 2.75) is 5.75 Å². The molecule has 0 aliphatic heterocycles. The van der Waals surface area contributed by atoms with Crippen LogP contribution in [0, 0.1) is 5.82 Å². The molecule has 3 aromatic carbocycles. The summed E-state index contributed by atoms with van der Waals surface area (Å²) in [6.07, 6.45) is 1.53. The highest BCUT2D eigenvalue weighted by Crippen LogP contribution is 2.21. The first-order valence-electron chi connectivity index (χ1n) is 9.91. The van der Waals surface area contributed by atoms with E-state index in [0.29, 0.717) is 17.2 Å². The maximum absolute atomic E-state index is 12.9. The molecule has 0 unspecified atom stereocenters. The van der Waals surface area contributed by atoms with Gasteiger partial charge in [0.05, 0.1) is 12.0 Å². The van der Waals surface area contributed by atoms with Crippen LogP contribution < -0.4 is 15.5 Å². The lowest BCUT2D eigenvalue weighted by Gasteiger charge is -2.07. The monoisotopic (exact) mass is 529 g/mol. The van der Waals surface area contributed by atoms with Crippen molar-refractivity contribution in [3.8, 4) is 5.75 Å². The number of benzene rings is 3. The van der Waals surface area contributed by atoms with Gasteiger partial charge in [0.25, 0.3) is 5.91 Å². The number of hydrogen-bond donors (Lipinski definition) is 2. The first-order valence-corrected chi connectivity index (χ1v) is 11.9. The Labute approximate surface area is 203 Å². The smallest absolute Gasteiger partial charge is 0.262 e. The van der Waals surface area contributed by atoms with Gasteiger partial charge < -0.3 is 10.1 Å². The van der Waals surface area contributed by atoms with Crippen LogP contribution in [0.1, 0.15) is 11.1 Å². The van der Waals surface area contributed by atoms with E-state index in [-0.39, 0.29) is 24.2 Å². The Balaban J connectivity index is 1.36. The average molecular weight is 530 g/mol. The minimum absolute atomic E-state index is 0.182. The van der Waals surface area contributed by atoms with Crippen molar-refractivity contribution in [1.82, 2.24) is 5.43 Å². The van der Waals surface area contributed by atoms with E-state index in [1.54, 1.807) is 24.3 Å². The molecule has 0 aliphatic carbocycles. The third-order valence-electron chi connectivity index (χ3n) is 4.23. The molecule has 9 heteroatoms. The standard InChI is InChI=1S/C24H21BrFN3O3S/c25-22-4-2-1-3-18(22)15-33-16-24(31)29-27-13-17-5-11-21(12-6-17)32-14-23(30)28-20-9-7-19(26)8-10-20/h1-13H,14-16H2,(H,28,30)(H,29,31)/b27-13-. The summed E-state index contributed by atoms with van der Waals surface area (Å²) in [5.74, 6) is 0.618. The Hall–Kier alpha value is -3.17. The maximum atomic E-state index is 12.9. The molecule has 2 N–H and O–H groups in total. The molecule has 0 radical (unpaired) electrons.